The molecule has 3 heterocycles. The molecule has 5 N–H and O–H groups in total. The molecule has 11 nitrogen and oxygen atoms in total. The van der Waals surface area contributed by atoms with Crippen LogP contribution in [0.4, 0.5) is 0 Å². The van der Waals surface area contributed by atoms with Crippen LogP contribution in [0.1, 0.15) is 67.3 Å². The SMILES string of the molecule is Cc1ccc([C@@]23OC[C@@](C(C)(C)O)(C[C@H](O)[C@H]2O)O3)cc1Cc1ccc(CCCC(=O)N2C[C@@H](O)C[C@H]2C(=O)NCCN(C)C)cc1. The van der Waals surface area contributed by atoms with Gasteiger partial charge in [0, 0.05) is 44.5 Å². The summed E-state index contributed by atoms with van der Waals surface area (Å²) < 4.78 is 12.5. The summed E-state index contributed by atoms with van der Waals surface area (Å²) in [6.07, 6.45) is -0.551. The highest BCUT2D eigenvalue weighted by atomic mass is 16.8. The molecular formula is C36H51N3O8. The molecule has 3 fully saturated rings. The van der Waals surface area contributed by atoms with Crippen LogP contribution in [0.25, 0.3) is 0 Å². The Morgan fingerprint density at radius 3 is 2.47 bits per heavy atom. The zero-order valence-electron chi connectivity index (χ0n) is 28.2. The quantitative estimate of drug-likeness (QED) is 0.229. The first-order chi connectivity index (χ1) is 22.1. The molecule has 0 spiro atoms. The van der Waals surface area contributed by atoms with Gasteiger partial charge >= 0.3 is 0 Å². The van der Waals surface area contributed by atoms with Gasteiger partial charge in [0.2, 0.25) is 17.6 Å². The summed E-state index contributed by atoms with van der Waals surface area (Å²) in [6.45, 7) is 6.69. The van der Waals surface area contributed by atoms with E-state index in [9.17, 15) is 30.0 Å². The number of nitrogens with zero attached hydrogens (tertiary/aromatic N) is 2. The molecule has 0 aromatic heterocycles. The minimum atomic E-state index is -1.58. The summed E-state index contributed by atoms with van der Waals surface area (Å²) in [6, 6.07) is 13.3. The number of rotatable bonds is 12. The largest absolute Gasteiger partial charge is 0.391 e. The number of aliphatic hydroxyl groups is 4. The zero-order chi connectivity index (χ0) is 34.1. The van der Waals surface area contributed by atoms with E-state index in [0.29, 0.717) is 44.3 Å². The number of hydrogen-bond donors (Lipinski definition) is 5. The average Bonchev–Trinajstić information content (AvgIpc) is 3.58. The molecule has 5 rings (SSSR count). The fourth-order valence-corrected chi connectivity index (χ4v) is 6.95. The molecule has 3 saturated heterocycles. The Bertz CT molecular complexity index is 1430. The van der Waals surface area contributed by atoms with Crippen LogP contribution >= 0.6 is 0 Å². The molecule has 0 radical (unpaired) electrons. The molecule has 11 heteroatoms. The number of benzene rings is 2. The lowest BCUT2D eigenvalue weighted by molar-refractivity contribution is -0.319. The van der Waals surface area contributed by atoms with E-state index in [1.807, 2.05) is 44.1 Å². The van der Waals surface area contributed by atoms with E-state index in [0.717, 1.165) is 22.3 Å². The van der Waals surface area contributed by atoms with E-state index in [1.54, 1.807) is 13.8 Å². The Labute approximate surface area is 277 Å². The van der Waals surface area contributed by atoms with E-state index in [4.69, 9.17) is 9.47 Å². The lowest BCUT2D eigenvalue weighted by atomic mass is 9.77. The fourth-order valence-electron chi connectivity index (χ4n) is 6.95. The Balaban J connectivity index is 1.18. The number of likely N-dealkylation sites (N-methyl/N-ethyl adjacent to an activating group) is 1. The summed E-state index contributed by atoms with van der Waals surface area (Å²) in [5.41, 5.74) is 2.41. The van der Waals surface area contributed by atoms with Gasteiger partial charge in [-0.1, -0.05) is 36.4 Å². The number of aryl methyl sites for hydroxylation is 2. The summed E-state index contributed by atoms with van der Waals surface area (Å²) in [5, 5.41) is 45.7. The smallest absolute Gasteiger partial charge is 0.242 e. The number of carbonyl (C=O) groups is 2. The Hall–Kier alpha value is -2.90. The van der Waals surface area contributed by atoms with Crippen LogP contribution in [-0.2, 0) is 37.7 Å². The van der Waals surface area contributed by atoms with E-state index in [2.05, 4.69) is 29.6 Å². The zero-order valence-corrected chi connectivity index (χ0v) is 28.2. The minimum absolute atomic E-state index is 0.0494. The number of nitrogens with one attached hydrogen (secondary N) is 1. The van der Waals surface area contributed by atoms with Gasteiger partial charge in [0.15, 0.2) is 0 Å². The van der Waals surface area contributed by atoms with Gasteiger partial charge in [-0.2, -0.15) is 0 Å². The van der Waals surface area contributed by atoms with Crippen molar-refractivity contribution < 1.29 is 39.5 Å². The summed E-state index contributed by atoms with van der Waals surface area (Å²) in [5.74, 6) is -1.91. The van der Waals surface area contributed by atoms with Gasteiger partial charge in [-0.25, -0.2) is 0 Å². The third-order valence-corrected chi connectivity index (χ3v) is 10.1. The molecule has 3 aliphatic rings. The molecular weight excluding hydrogens is 602 g/mol. The molecule has 6 atom stereocenters. The molecule has 47 heavy (non-hydrogen) atoms. The van der Waals surface area contributed by atoms with Crippen molar-refractivity contribution in [1.82, 2.24) is 15.1 Å². The molecule has 3 aliphatic heterocycles. The van der Waals surface area contributed by atoms with Crippen LogP contribution in [0.5, 0.6) is 0 Å². The highest BCUT2D eigenvalue weighted by Crippen LogP contribution is 2.53. The maximum Gasteiger partial charge on any atom is 0.242 e. The molecule has 0 unspecified atom stereocenters. The third kappa shape index (κ3) is 7.41. The first-order valence-electron chi connectivity index (χ1n) is 16.6. The van der Waals surface area contributed by atoms with Crippen molar-refractivity contribution in [3.05, 3.63) is 70.3 Å². The predicted octanol–water partition coefficient (Wildman–Crippen LogP) is 1.38. The molecule has 0 aliphatic carbocycles. The topological polar surface area (TPSA) is 152 Å². The maximum absolute atomic E-state index is 13.0. The van der Waals surface area contributed by atoms with E-state index in [-0.39, 0.29) is 37.8 Å². The molecule has 2 aromatic rings. The van der Waals surface area contributed by atoms with Crippen molar-refractivity contribution >= 4 is 11.8 Å². The van der Waals surface area contributed by atoms with Crippen LogP contribution in [0.15, 0.2) is 42.5 Å². The second-order valence-electron chi connectivity index (χ2n) is 14.4. The number of amides is 2. The van der Waals surface area contributed by atoms with Gasteiger partial charge in [0.1, 0.15) is 17.7 Å². The van der Waals surface area contributed by atoms with Crippen LogP contribution in [0, 0.1) is 6.92 Å². The molecule has 258 valence electrons. The first-order valence-corrected chi connectivity index (χ1v) is 16.6. The molecule has 0 saturated carbocycles. The van der Waals surface area contributed by atoms with E-state index in [1.165, 1.54) is 4.90 Å². The van der Waals surface area contributed by atoms with E-state index >= 15 is 0 Å². The van der Waals surface area contributed by atoms with Crippen molar-refractivity contribution in [3.63, 3.8) is 0 Å². The van der Waals surface area contributed by atoms with Gasteiger partial charge in [0.05, 0.1) is 24.4 Å². The van der Waals surface area contributed by atoms with Crippen molar-refractivity contribution in [3.8, 4) is 0 Å². The van der Waals surface area contributed by atoms with Gasteiger partial charge < -0.3 is 45.0 Å². The Morgan fingerprint density at radius 1 is 1.09 bits per heavy atom. The minimum Gasteiger partial charge on any atom is -0.391 e. The number of hydrogen-bond acceptors (Lipinski definition) is 9. The Morgan fingerprint density at radius 2 is 1.79 bits per heavy atom. The third-order valence-electron chi connectivity index (χ3n) is 10.1. The summed E-state index contributed by atoms with van der Waals surface area (Å²) in [7, 11) is 3.85. The van der Waals surface area contributed by atoms with Crippen molar-refractivity contribution in [2.24, 2.45) is 0 Å². The number of likely N-dealkylation sites (tertiary alicyclic amines) is 1. The van der Waals surface area contributed by atoms with Crippen LogP contribution in [0.3, 0.4) is 0 Å². The van der Waals surface area contributed by atoms with Crippen molar-refractivity contribution in [2.75, 3.05) is 40.3 Å². The molecule has 2 amide bonds. The monoisotopic (exact) mass is 653 g/mol. The second kappa shape index (κ2) is 13.9. The van der Waals surface area contributed by atoms with Crippen LogP contribution in [0.2, 0.25) is 0 Å². The highest BCUT2D eigenvalue weighted by Gasteiger charge is 2.67. The molecule has 2 bridgehead atoms. The first kappa shape index (κ1) is 35.4. The normalized spacial score (nSPS) is 29.0. The van der Waals surface area contributed by atoms with E-state index < -0.39 is 41.3 Å². The number of β-amino-alcohol motifs (C(OH)–C–C–N with tert-alkyl or cyclic N) is 1. The van der Waals surface area contributed by atoms with Gasteiger partial charge in [0.25, 0.3) is 0 Å². The van der Waals surface area contributed by atoms with Crippen LogP contribution < -0.4 is 5.32 Å². The second-order valence-corrected chi connectivity index (χ2v) is 14.4. The van der Waals surface area contributed by atoms with Gasteiger partial charge in [-0.05, 0) is 82.4 Å². The van der Waals surface area contributed by atoms with Crippen LogP contribution in [-0.4, -0.2) is 118 Å². The Kier molecular flexibility index (Phi) is 10.5. The highest BCUT2D eigenvalue weighted by molar-refractivity contribution is 5.88. The summed E-state index contributed by atoms with van der Waals surface area (Å²) in [4.78, 5) is 29.2. The fraction of sp³-hybridized carbons (Fsp3) is 0.611. The number of aliphatic hydroxyl groups excluding tert-OH is 3. The van der Waals surface area contributed by atoms with Gasteiger partial charge in [-0.3, -0.25) is 9.59 Å². The molecule has 2 aromatic carbocycles. The maximum atomic E-state index is 13.0. The summed E-state index contributed by atoms with van der Waals surface area (Å²) >= 11 is 0. The number of fused-ring (bicyclic) bond motifs is 2. The average molecular weight is 654 g/mol. The number of ether oxygens (including phenoxy) is 2. The predicted molar refractivity (Wildman–Crippen MR) is 175 cm³/mol. The number of carbonyl (C=O) groups excluding carboxylic acids is 2. The lowest BCUT2D eigenvalue weighted by Gasteiger charge is -2.48. The van der Waals surface area contributed by atoms with Crippen molar-refractivity contribution in [1.29, 1.82) is 0 Å². The van der Waals surface area contributed by atoms with Crippen molar-refractivity contribution in [2.45, 2.75) is 101 Å². The van der Waals surface area contributed by atoms with Gasteiger partial charge in [-0.15, -0.1) is 0 Å². The lowest BCUT2D eigenvalue weighted by Crippen LogP contribution is -2.62. The standard InChI is InChI=1S/C36H51N3O8/c1-23-9-14-27(36-32(43)30(41)20-35(47-36,22-46-36)34(2,3)45)18-26(23)17-25-12-10-24(11-13-25)7-6-8-31(42)39-21-28(40)19-29(39)33(44)37-15-16-38(4)5/h9-14,18,28-30,32,40-41,43,45H,6-8,15-17,19-22H2,1-5H3,(H,37,44)/t28-,29-,30-,32+,35+,36-/m0/s1.